The van der Waals surface area contributed by atoms with Gasteiger partial charge in [-0.05, 0) is 61.4 Å². The van der Waals surface area contributed by atoms with Crippen LogP contribution >= 0.6 is 0 Å². The van der Waals surface area contributed by atoms with E-state index in [2.05, 4.69) is 5.10 Å². The van der Waals surface area contributed by atoms with Gasteiger partial charge in [-0.15, -0.1) is 0 Å². The summed E-state index contributed by atoms with van der Waals surface area (Å²) in [5.41, 5.74) is 2.18. The molecule has 2 heterocycles. The molecule has 0 unspecified atom stereocenters. The van der Waals surface area contributed by atoms with Crippen molar-refractivity contribution in [2.75, 3.05) is 13.1 Å². The van der Waals surface area contributed by atoms with Crippen LogP contribution in [0.15, 0.2) is 78.0 Å². The van der Waals surface area contributed by atoms with Crippen molar-refractivity contribution in [3.63, 3.8) is 0 Å². The van der Waals surface area contributed by atoms with Crippen LogP contribution in [0.4, 0.5) is 0 Å². The van der Waals surface area contributed by atoms with Crippen molar-refractivity contribution in [1.29, 1.82) is 0 Å². The second-order valence-electron chi connectivity index (χ2n) is 7.24. The van der Waals surface area contributed by atoms with E-state index in [1.54, 1.807) is 29.1 Å². The number of nitrogens with zero attached hydrogens (tertiary/aromatic N) is 3. The summed E-state index contributed by atoms with van der Waals surface area (Å²) in [7, 11) is -3.49. The number of hydrogen-bond donors (Lipinski definition) is 0. The van der Waals surface area contributed by atoms with E-state index in [0.29, 0.717) is 18.7 Å². The Hall–Kier alpha value is -3.03. The highest BCUT2D eigenvalue weighted by Crippen LogP contribution is 2.21. The molecule has 7 heteroatoms. The van der Waals surface area contributed by atoms with Gasteiger partial charge in [-0.1, -0.05) is 24.6 Å². The van der Waals surface area contributed by atoms with Crippen LogP contribution in [0.3, 0.4) is 0 Å². The number of carbonyl (C=O) groups excluding carboxylic acids is 1. The molecule has 1 aliphatic rings. The number of benzene rings is 2. The molecule has 0 radical (unpaired) electrons. The zero-order valence-electron chi connectivity index (χ0n) is 16.5. The summed E-state index contributed by atoms with van der Waals surface area (Å²) in [4.78, 5) is 12.7. The number of allylic oxidation sites excluding steroid dienone is 1. The first-order valence-electron chi connectivity index (χ1n) is 9.97. The minimum Gasteiger partial charge on any atom is -0.289 e. The molecular weight excluding hydrogens is 398 g/mol. The van der Waals surface area contributed by atoms with Crippen LogP contribution in [-0.4, -0.2) is 41.4 Å². The molecule has 0 N–H and O–H groups in total. The first-order valence-corrected chi connectivity index (χ1v) is 11.4. The second kappa shape index (κ2) is 8.77. The van der Waals surface area contributed by atoms with Crippen molar-refractivity contribution in [3.05, 3.63) is 84.2 Å². The Morgan fingerprint density at radius 2 is 1.63 bits per heavy atom. The molecule has 6 nitrogen and oxygen atoms in total. The number of hydrogen-bond acceptors (Lipinski definition) is 4. The van der Waals surface area contributed by atoms with Gasteiger partial charge in [-0.2, -0.15) is 9.40 Å². The van der Waals surface area contributed by atoms with Gasteiger partial charge < -0.3 is 0 Å². The summed E-state index contributed by atoms with van der Waals surface area (Å²) in [6.45, 7) is 1.12. The summed E-state index contributed by atoms with van der Waals surface area (Å²) in [6, 6.07) is 15.9. The monoisotopic (exact) mass is 421 g/mol. The molecule has 2 aromatic carbocycles. The average molecular weight is 422 g/mol. The third kappa shape index (κ3) is 4.42. The Bertz CT molecular complexity index is 1140. The zero-order valence-corrected chi connectivity index (χ0v) is 17.3. The second-order valence-corrected chi connectivity index (χ2v) is 9.18. The van der Waals surface area contributed by atoms with Gasteiger partial charge >= 0.3 is 0 Å². The zero-order chi connectivity index (χ0) is 21.0. The van der Waals surface area contributed by atoms with Gasteiger partial charge in [0.15, 0.2) is 5.78 Å². The van der Waals surface area contributed by atoms with Crippen LogP contribution in [0.5, 0.6) is 0 Å². The molecule has 4 rings (SSSR count). The van der Waals surface area contributed by atoms with E-state index in [1.165, 1.54) is 22.5 Å². The largest absolute Gasteiger partial charge is 0.289 e. The molecule has 1 fully saturated rings. The number of para-hydroxylation sites is 1. The van der Waals surface area contributed by atoms with Crippen LogP contribution in [0.1, 0.15) is 35.2 Å². The fourth-order valence-electron chi connectivity index (χ4n) is 3.46. The van der Waals surface area contributed by atoms with Crippen molar-refractivity contribution in [3.8, 4) is 5.69 Å². The van der Waals surface area contributed by atoms with Gasteiger partial charge in [0, 0.05) is 30.4 Å². The van der Waals surface area contributed by atoms with Gasteiger partial charge in [0.05, 0.1) is 16.8 Å². The summed E-state index contributed by atoms with van der Waals surface area (Å²) >= 11 is 0. The van der Waals surface area contributed by atoms with E-state index in [-0.39, 0.29) is 10.7 Å². The average Bonchev–Trinajstić information content (AvgIpc) is 3.28. The smallest absolute Gasteiger partial charge is 0.243 e. The van der Waals surface area contributed by atoms with E-state index in [1.807, 2.05) is 36.5 Å². The van der Waals surface area contributed by atoms with Crippen LogP contribution in [-0.2, 0) is 10.0 Å². The lowest BCUT2D eigenvalue weighted by Crippen LogP contribution is -2.35. The maximum absolute atomic E-state index is 12.7. The summed E-state index contributed by atoms with van der Waals surface area (Å²) < 4.78 is 28.7. The molecule has 0 spiro atoms. The molecule has 30 heavy (non-hydrogen) atoms. The minimum absolute atomic E-state index is 0.190. The quantitative estimate of drug-likeness (QED) is 0.446. The molecule has 3 aromatic rings. The lowest BCUT2D eigenvalue weighted by molar-refractivity contribution is 0.104. The normalized spacial score (nSPS) is 15.5. The van der Waals surface area contributed by atoms with E-state index in [9.17, 15) is 13.2 Å². The molecular formula is C23H23N3O3S. The van der Waals surface area contributed by atoms with E-state index in [0.717, 1.165) is 30.5 Å². The molecule has 1 aliphatic heterocycles. The van der Waals surface area contributed by atoms with Crippen molar-refractivity contribution in [2.24, 2.45) is 0 Å². The minimum atomic E-state index is -3.49. The Kier molecular flexibility index (Phi) is 5.92. The predicted molar refractivity (Wildman–Crippen MR) is 116 cm³/mol. The predicted octanol–water partition coefficient (Wildman–Crippen LogP) is 3.94. The summed E-state index contributed by atoms with van der Waals surface area (Å²) in [6.07, 6.45) is 9.55. The van der Waals surface area contributed by atoms with Gasteiger partial charge in [-0.25, -0.2) is 13.1 Å². The maximum atomic E-state index is 12.7. The topological polar surface area (TPSA) is 72.3 Å². The van der Waals surface area contributed by atoms with Crippen molar-refractivity contribution < 1.29 is 13.2 Å². The van der Waals surface area contributed by atoms with E-state index < -0.39 is 10.0 Å². The Labute approximate surface area is 176 Å². The first-order chi connectivity index (χ1) is 14.5. The molecule has 0 atom stereocenters. The number of piperidine rings is 1. The van der Waals surface area contributed by atoms with Gasteiger partial charge in [0.2, 0.25) is 10.0 Å². The molecule has 154 valence electrons. The number of aromatic nitrogens is 2. The lowest BCUT2D eigenvalue weighted by Gasteiger charge is -2.25. The number of carbonyl (C=O) groups is 1. The molecule has 0 bridgehead atoms. The highest BCUT2D eigenvalue weighted by Gasteiger charge is 2.25. The number of ketones is 1. The SMILES string of the molecule is O=C(C=Cc1cnn(-c2ccccc2)c1)c1ccc(S(=O)(=O)N2CCCCC2)cc1. The molecule has 0 aliphatic carbocycles. The highest BCUT2D eigenvalue weighted by atomic mass is 32.2. The summed E-state index contributed by atoms with van der Waals surface area (Å²) in [5, 5.41) is 4.30. The number of sulfonamides is 1. The molecule has 1 saturated heterocycles. The Morgan fingerprint density at radius 1 is 0.933 bits per heavy atom. The van der Waals surface area contributed by atoms with Crippen molar-refractivity contribution >= 4 is 21.9 Å². The van der Waals surface area contributed by atoms with E-state index in [4.69, 9.17) is 0 Å². The summed E-state index contributed by atoms with van der Waals surface area (Å²) in [5.74, 6) is -0.190. The third-order valence-electron chi connectivity index (χ3n) is 5.14. The fraction of sp³-hybridized carbons (Fsp3) is 0.217. The van der Waals surface area contributed by atoms with Crippen molar-refractivity contribution in [2.45, 2.75) is 24.2 Å². The van der Waals surface area contributed by atoms with Crippen LogP contribution < -0.4 is 0 Å². The van der Waals surface area contributed by atoms with Crippen LogP contribution in [0.2, 0.25) is 0 Å². The third-order valence-corrected chi connectivity index (χ3v) is 7.05. The van der Waals surface area contributed by atoms with Crippen LogP contribution in [0, 0.1) is 0 Å². The Morgan fingerprint density at radius 3 is 2.33 bits per heavy atom. The highest BCUT2D eigenvalue weighted by molar-refractivity contribution is 7.89. The lowest BCUT2D eigenvalue weighted by atomic mass is 10.1. The maximum Gasteiger partial charge on any atom is 0.243 e. The van der Waals surface area contributed by atoms with Gasteiger partial charge in [0.1, 0.15) is 0 Å². The number of rotatable bonds is 6. The van der Waals surface area contributed by atoms with Crippen molar-refractivity contribution in [1.82, 2.24) is 14.1 Å². The molecule has 1 aromatic heterocycles. The Balaban J connectivity index is 1.45. The van der Waals surface area contributed by atoms with Gasteiger partial charge in [0.25, 0.3) is 0 Å². The van der Waals surface area contributed by atoms with E-state index >= 15 is 0 Å². The van der Waals surface area contributed by atoms with Crippen LogP contribution in [0.25, 0.3) is 11.8 Å². The van der Waals surface area contributed by atoms with Gasteiger partial charge in [-0.3, -0.25) is 4.79 Å². The molecule has 0 amide bonds. The standard InChI is InChI=1S/C23H23N3O3S/c27-23(14-9-19-17-24-26(18-19)21-7-3-1-4-8-21)20-10-12-22(13-11-20)30(28,29)25-15-5-2-6-16-25/h1,3-4,7-14,17-18H,2,5-6,15-16H2. The first kappa shape index (κ1) is 20.3. The fourth-order valence-corrected chi connectivity index (χ4v) is 4.98. The molecule has 0 saturated carbocycles.